The maximum absolute atomic E-state index is 13.2. The van der Waals surface area contributed by atoms with Crippen LogP contribution >= 0.6 is 0 Å². The molecule has 1 aromatic heterocycles. The number of nitrogens with zero attached hydrogens (tertiary/aromatic N) is 2. The number of hydrogen-bond donors (Lipinski definition) is 1. The molecular weight excluding hydrogens is 1070 g/mol. The minimum absolute atomic E-state index is 0.258. The molecule has 2 fully saturated rings. The first kappa shape index (κ1) is 55.5. The topological polar surface area (TPSA) is 39.9 Å². The zero-order chi connectivity index (χ0) is 59.7. The highest BCUT2D eigenvalue weighted by Gasteiger charge is 2.32. The summed E-state index contributed by atoms with van der Waals surface area (Å²) in [6.45, 7) is 13.4. The number of phenols is 1. The lowest BCUT2D eigenvalue weighted by Crippen LogP contribution is -2.15. The van der Waals surface area contributed by atoms with E-state index < -0.39 is 0 Å². The van der Waals surface area contributed by atoms with Gasteiger partial charge in [-0.1, -0.05) is 235 Å². The molecule has 15 rings (SSSR count). The van der Waals surface area contributed by atoms with Crippen molar-refractivity contribution < 1.29 is 9.52 Å². The van der Waals surface area contributed by atoms with Crippen molar-refractivity contribution in [2.75, 3.05) is 9.80 Å². The van der Waals surface area contributed by atoms with Crippen LogP contribution in [0.3, 0.4) is 0 Å². The minimum Gasteiger partial charge on any atom is -0.505 e. The van der Waals surface area contributed by atoms with Gasteiger partial charge in [-0.25, -0.2) is 0 Å². The van der Waals surface area contributed by atoms with E-state index >= 15 is 0 Å². The van der Waals surface area contributed by atoms with Crippen molar-refractivity contribution in [3.05, 3.63) is 246 Å². The Kier molecular flexibility index (Phi) is 14.4. The van der Waals surface area contributed by atoms with Crippen molar-refractivity contribution in [2.24, 2.45) is 0 Å². The fraction of sp³-hybridized carbons (Fsp3) is 0.238. The number of aryl methyl sites for hydroxylation is 2. The van der Waals surface area contributed by atoms with E-state index in [1.807, 2.05) is 0 Å². The van der Waals surface area contributed by atoms with Crippen molar-refractivity contribution in [1.82, 2.24) is 0 Å². The molecule has 1 heterocycles. The molecule has 0 bridgehead atoms. The Labute approximate surface area is 519 Å². The average Bonchev–Trinajstić information content (AvgIpc) is 0.743. The van der Waals surface area contributed by atoms with E-state index in [2.05, 4.69) is 264 Å². The Bertz CT molecular complexity index is 4740. The standard InChI is InChI=1S/C84H78N2O2/c1-52(2)62-27-13-15-29-64(62)58-25-17-26-59(49-58)65-31-19-35-76(82(65)87)85(60-41-37-54(5)38-42-60)78-50-74(56-21-9-7-10-22-56)67-46-48-73-79(51-75(57-23-11-8-12-24-57)68-45-47-72(78)80(67)81(68)73)86(61-43-39-55(6)40-44-61)77-36-20-34-71-70-33-18-32-69(83(70)88-84(71)77)66-30-16-14-28-63(66)53(3)4/h13-20,25-53,56-57,87H,7-12,21-24H2,1-6H3. The maximum Gasteiger partial charge on any atom is 0.159 e. The van der Waals surface area contributed by atoms with Crippen LogP contribution in [0.1, 0.15) is 149 Å². The molecule has 0 unspecified atom stereocenters. The number of furan rings is 1. The van der Waals surface area contributed by atoms with Crippen LogP contribution in [0, 0.1) is 13.8 Å². The molecule has 0 amide bonds. The highest BCUT2D eigenvalue weighted by molar-refractivity contribution is 6.30. The van der Waals surface area contributed by atoms with E-state index in [1.54, 1.807) is 0 Å². The predicted octanol–water partition coefficient (Wildman–Crippen LogP) is 25.1. The van der Waals surface area contributed by atoms with Gasteiger partial charge in [-0.2, -0.15) is 0 Å². The molecule has 0 radical (unpaired) electrons. The largest absolute Gasteiger partial charge is 0.505 e. The van der Waals surface area contributed by atoms with Crippen LogP contribution in [-0.2, 0) is 0 Å². The van der Waals surface area contributed by atoms with Crippen molar-refractivity contribution in [3.8, 4) is 39.1 Å². The van der Waals surface area contributed by atoms with E-state index in [0.717, 1.165) is 104 Å². The van der Waals surface area contributed by atoms with E-state index in [4.69, 9.17) is 4.42 Å². The quantitative estimate of drug-likeness (QED) is 0.117. The van der Waals surface area contributed by atoms with Crippen molar-refractivity contribution >= 4 is 88.4 Å². The van der Waals surface area contributed by atoms with Crippen LogP contribution in [0.2, 0.25) is 0 Å². The van der Waals surface area contributed by atoms with E-state index in [1.165, 1.54) is 115 Å². The van der Waals surface area contributed by atoms with Gasteiger partial charge in [-0.05, 0) is 184 Å². The number of rotatable bonds is 13. The third-order valence-corrected chi connectivity index (χ3v) is 20.0. The molecule has 0 spiro atoms. The van der Waals surface area contributed by atoms with Gasteiger partial charge in [0.05, 0.1) is 22.7 Å². The normalized spacial score (nSPS) is 14.4. The van der Waals surface area contributed by atoms with Crippen LogP contribution in [0.15, 0.2) is 217 Å². The van der Waals surface area contributed by atoms with Gasteiger partial charge in [0.25, 0.3) is 0 Å². The third-order valence-electron chi connectivity index (χ3n) is 20.0. The number of anilines is 6. The van der Waals surface area contributed by atoms with E-state index in [0.29, 0.717) is 23.7 Å². The third kappa shape index (κ3) is 9.59. The summed E-state index contributed by atoms with van der Waals surface area (Å²) >= 11 is 0. The Morgan fingerprint density at radius 2 is 0.795 bits per heavy atom. The second-order valence-electron chi connectivity index (χ2n) is 26.2. The molecule has 4 heteroatoms. The van der Waals surface area contributed by atoms with Gasteiger partial charge in [-0.15, -0.1) is 0 Å². The smallest absolute Gasteiger partial charge is 0.159 e. The number of para-hydroxylation sites is 3. The van der Waals surface area contributed by atoms with Gasteiger partial charge in [0.15, 0.2) is 5.58 Å². The molecule has 2 saturated carbocycles. The Morgan fingerprint density at radius 1 is 0.364 bits per heavy atom. The molecule has 13 aromatic rings. The zero-order valence-electron chi connectivity index (χ0n) is 51.8. The first-order valence-corrected chi connectivity index (χ1v) is 32.6. The first-order valence-electron chi connectivity index (χ1n) is 32.6. The predicted molar refractivity (Wildman–Crippen MR) is 374 cm³/mol. The fourth-order valence-corrected chi connectivity index (χ4v) is 15.6. The van der Waals surface area contributed by atoms with Gasteiger partial charge in [0.2, 0.25) is 0 Å². The van der Waals surface area contributed by atoms with E-state index in [9.17, 15) is 5.11 Å². The summed E-state index contributed by atoms with van der Waals surface area (Å²) in [5.74, 6) is 1.77. The van der Waals surface area contributed by atoms with Crippen molar-refractivity contribution in [1.29, 1.82) is 0 Å². The molecule has 0 atom stereocenters. The van der Waals surface area contributed by atoms with E-state index in [-0.39, 0.29) is 5.75 Å². The van der Waals surface area contributed by atoms with Crippen LogP contribution in [0.5, 0.6) is 5.75 Å². The summed E-state index contributed by atoms with van der Waals surface area (Å²) < 4.78 is 7.46. The van der Waals surface area contributed by atoms with Crippen molar-refractivity contribution in [3.63, 3.8) is 0 Å². The summed E-state index contributed by atoms with van der Waals surface area (Å²) in [6, 6.07) is 79.1. The highest BCUT2D eigenvalue weighted by atomic mass is 16.3. The number of fused-ring (bicyclic) bond motifs is 3. The lowest BCUT2D eigenvalue weighted by Gasteiger charge is -2.33. The van der Waals surface area contributed by atoms with Gasteiger partial charge in [-0.3, -0.25) is 0 Å². The second-order valence-corrected chi connectivity index (χ2v) is 26.2. The monoisotopic (exact) mass is 1150 g/mol. The van der Waals surface area contributed by atoms with Crippen LogP contribution in [-0.4, -0.2) is 5.11 Å². The molecule has 0 aliphatic heterocycles. The summed E-state index contributed by atoms with van der Waals surface area (Å²) in [6.07, 6.45) is 12.1. The molecule has 2 aliphatic carbocycles. The summed E-state index contributed by atoms with van der Waals surface area (Å²) in [4.78, 5) is 4.91. The summed E-state index contributed by atoms with van der Waals surface area (Å²) in [5.41, 5.74) is 22.3. The number of phenolic OH excluding ortho intramolecular Hbond substituents is 1. The Hall–Kier alpha value is -9.12. The second kappa shape index (κ2) is 22.9. The van der Waals surface area contributed by atoms with Crippen LogP contribution in [0.4, 0.5) is 34.1 Å². The molecule has 1 N–H and O–H groups in total. The number of aromatic hydroxyl groups is 1. The molecular formula is C84H78N2O2. The van der Waals surface area contributed by atoms with Crippen LogP contribution < -0.4 is 9.80 Å². The molecule has 0 saturated heterocycles. The number of hydrogen-bond acceptors (Lipinski definition) is 4. The summed E-state index contributed by atoms with van der Waals surface area (Å²) in [7, 11) is 0. The lowest BCUT2D eigenvalue weighted by molar-refractivity contribution is 0.445. The number of benzene rings is 12. The van der Waals surface area contributed by atoms with Crippen LogP contribution in [0.25, 0.3) is 87.6 Å². The molecule has 12 aromatic carbocycles. The Balaban J connectivity index is 1.01. The Morgan fingerprint density at radius 3 is 1.36 bits per heavy atom. The van der Waals surface area contributed by atoms with Gasteiger partial charge >= 0.3 is 0 Å². The minimum atomic E-state index is 0.258. The molecule has 436 valence electrons. The average molecular weight is 1150 g/mol. The zero-order valence-corrected chi connectivity index (χ0v) is 51.8. The molecule has 4 nitrogen and oxygen atoms in total. The van der Waals surface area contributed by atoms with Gasteiger partial charge in [0.1, 0.15) is 11.3 Å². The fourth-order valence-electron chi connectivity index (χ4n) is 15.6. The SMILES string of the molecule is Cc1ccc(N(c2cccc(-c3cccc(-c4ccccc4C(C)C)c3)c2O)c2cc(C3CCCCC3)c3ccc4c(N(c5ccc(C)cc5)c5cccc6c5oc5c(-c7ccccc7C(C)C)cccc56)cc(C5CCCCC5)c5ccc2c3c54)cc1. The molecule has 88 heavy (non-hydrogen) atoms. The highest BCUT2D eigenvalue weighted by Crippen LogP contribution is 2.56. The maximum atomic E-state index is 13.2. The summed E-state index contributed by atoms with van der Waals surface area (Å²) in [5, 5.41) is 23.2. The van der Waals surface area contributed by atoms with Gasteiger partial charge < -0.3 is 19.3 Å². The molecule has 2 aliphatic rings. The first-order chi connectivity index (χ1) is 43.1. The van der Waals surface area contributed by atoms with Gasteiger partial charge in [0, 0.05) is 44.0 Å². The van der Waals surface area contributed by atoms with Crippen molar-refractivity contribution in [2.45, 2.75) is 129 Å². The lowest BCUT2D eigenvalue weighted by atomic mass is 9.77.